The number of anilines is 2. The number of benzene rings is 1. The molecule has 1 N–H and O–H groups in total. The number of aromatic nitrogens is 2. The van der Waals surface area contributed by atoms with Crippen molar-refractivity contribution >= 4 is 23.3 Å². The van der Waals surface area contributed by atoms with Crippen molar-refractivity contribution in [2.45, 2.75) is 25.9 Å². The summed E-state index contributed by atoms with van der Waals surface area (Å²) >= 11 is 0. The zero-order chi connectivity index (χ0) is 18.0. The predicted molar refractivity (Wildman–Crippen MR) is 96.2 cm³/mol. The number of nitrogens with zero attached hydrogens (tertiary/aromatic N) is 4. The van der Waals surface area contributed by atoms with Crippen LogP contribution in [0.4, 0.5) is 11.5 Å². The topological polar surface area (TPSA) is 70.5 Å². The molecule has 1 aliphatic rings. The van der Waals surface area contributed by atoms with E-state index in [1.807, 2.05) is 38.2 Å². The van der Waals surface area contributed by atoms with E-state index in [-0.39, 0.29) is 6.04 Å². The van der Waals surface area contributed by atoms with Crippen molar-refractivity contribution < 1.29 is 9.59 Å². The van der Waals surface area contributed by atoms with Crippen LogP contribution in [-0.2, 0) is 23.2 Å². The Labute approximate surface area is 147 Å². The van der Waals surface area contributed by atoms with Crippen LogP contribution in [0, 0.1) is 0 Å². The zero-order valence-corrected chi connectivity index (χ0v) is 14.8. The molecular formula is C18H23N5O2. The Balaban J connectivity index is 1.83. The number of carbonyl (C=O) groups excluding carboxylic acids is 2. The molecule has 1 unspecified atom stereocenters. The molecule has 2 aromatic rings. The predicted octanol–water partition coefficient (Wildman–Crippen LogP) is 1.62. The fraction of sp³-hybridized carbons (Fsp3) is 0.389. The molecule has 2 amide bonds. The van der Waals surface area contributed by atoms with Crippen LogP contribution in [0.15, 0.2) is 36.5 Å². The lowest BCUT2D eigenvalue weighted by Gasteiger charge is -2.30. The second-order valence-corrected chi connectivity index (χ2v) is 6.33. The Morgan fingerprint density at radius 2 is 2.00 bits per heavy atom. The Hall–Kier alpha value is -2.83. The number of para-hydroxylation sites is 1. The van der Waals surface area contributed by atoms with Gasteiger partial charge in [-0.05, 0) is 18.1 Å². The summed E-state index contributed by atoms with van der Waals surface area (Å²) in [4.78, 5) is 29.0. The van der Waals surface area contributed by atoms with E-state index in [4.69, 9.17) is 0 Å². The summed E-state index contributed by atoms with van der Waals surface area (Å²) in [6, 6.07) is 9.62. The lowest BCUT2D eigenvalue weighted by molar-refractivity contribution is -0.145. The van der Waals surface area contributed by atoms with Gasteiger partial charge < -0.3 is 15.1 Å². The maximum Gasteiger partial charge on any atom is 0.315 e. The van der Waals surface area contributed by atoms with E-state index in [2.05, 4.69) is 15.3 Å². The fourth-order valence-corrected chi connectivity index (χ4v) is 3.21. The highest BCUT2D eigenvalue weighted by molar-refractivity contribution is 6.39. The number of fused-ring (bicyclic) bond motifs is 1. The number of nitrogens with one attached hydrogen (secondary N) is 1. The Bertz CT molecular complexity index is 785. The minimum absolute atomic E-state index is 0.0283. The molecule has 0 aliphatic carbocycles. The minimum atomic E-state index is -0.654. The van der Waals surface area contributed by atoms with Gasteiger partial charge in [0.05, 0.1) is 0 Å². The maximum atomic E-state index is 12.8. The lowest BCUT2D eigenvalue weighted by Crippen LogP contribution is -2.47. The normalized spacial score (nSPS) is 17.0. The van der Waals surface area contributed by atoms with Crippen LogP contribution in [0.5, 0.6) is 0 Å². The van der Waals surface area contributed by atoms with Crippen LogP contribution in [-0.4, -0.2) is 46.1 Å². The van der Waals surface area contributed by atoms with Gasteiger partial charge in [-0.2, -0.15) is 5.10 Å². The van der Waals surface area contributed by atoms with E-state index < -0.39 is 11.8 Å². The van der Waals surface area contributed by atoms with Gasteiger partial charge >= 0.3 is 11.8 Å². The summed E-state index contributed by atoms with van der Waals surface area (Å²) in [6.45, 7) is 3.15. The van der Waals surface area contributed by atoms with Crippen LogP contribution < -0.4 is 10.2 Å². The highest BCUT2D eigenvalue weighted by Crippen LogP contribution is 2.27. The quantitative estimate of drug-likeness (QED) is 0.843. The first kappa shape index (κ1) is 17.0. The molecule has 25 heavy (non-hydrogen) atoms. The van der Waals surface area contributed by atoms with Gasteiger partial charge in [0.15, 0.2) is 5.82 Å². The molecule has 7 heteroatoms. The molecule has 7 nitrogen and oxygen atoms in total. The van der Waals surface area contributed by atoms with Gasteiger partial charge in [-0.15, -0.1) is 0 Å². The molecule has 3 rings (SSSR count). The van der Waals surface area contributed by atoms with Crippen molar-refractivity contribution in [3.05, 3.63) is 42.1 Å². The van der Waals surface area contributed by atoms with Crippen LogP contribution in [0.3, 0.4) is 0 Å². The summed E-state index contributed by atoms with van der Waals surface area (Å²) in [5.74, 6) is -0.803. The molecule has 0 bridgehead atoms. The smallest absolute Gasteiger partial charge is 0.315 e. The standard InChI is InChI=1S/C18H23N5O2/c1-4-14-12-21(2)15-8-6-5-7-13(15)11-23(14)18(25)17(24)19-16-9-10-22(3)20-16/h5-10,14H,4,11-12H2,1-3H3,(H,19,20,24). The van der Waals surface area contributed by atoms with Crippen LogP contribution in [0.25, 0.3) is 0 Å². The first-order valence-electron chi connectivity index (χ1n) is 8.40. The molecule has 132 valence electrons. The van der Waals surface area contributed by atoms with Gasteiger partial charge in [-0.1, -0.05) is 25.1 Å². The number of amides is 2. The average Bonchev–Trinajstić information content (AvgIpc) is 2.95. The third-order valence-electron chi connectivity index (χ3n) is 4.55. The Morgan fingerprint density at radius 3 is 2.68 bits per heavy atom. The third kappa shape index (κ3) is 3.50. The number of carbonyl (C=O) groups is 2. The third-order valence-corrected chi connectivity index (χ3v) is 4.55. The SMILES string of the molecule is CCC1CN(C)c2ccccc2CN1C(=O)C(=O)Nc1ccn(C)n1. The van der Waals surface area contributed by atoms with Crippen molar-refractivity contribution in [1.82, 2.24) is 14.7 Å². The van der Waals surface area contributed by atoms with E-state index in [1.165, 1.54) is 0 Å². The number of hydrogen-bond donors (Lipinski definition) is 1. The molecule has 1 aromatic heterocycles. The Morgan fingerprint density at radius 1 is 1.24 bits per heavy atom. The summed E-state index contributed by atoms with van der Waals surface area (Å²) in [5.41, 5.74) is 2.14. The van der Waals surface area contributed by atoms with Crippen molar-refractivity contribution in [1.29, 1.82) is 0 Å². The number of hydrogen-bond acceptors (Lipinski definition) is 4. The largest absolute Gasteiger partial charge is 0.372 e. The van der Waals surface area contributed by atoms with Crippen LogP contribution in [0.2, 0.25) is 0 Å². The Kier molecular flexibility index (Phi) is 4.74. The highest BCUT2D eigenvalue weighted by Gasteiger charge is 2.32. The average molecular weight is 341 g/mol. The van der Waals surface area contributed by atoms with E-state index in [0.29, 0.717) is 18.9 Å². The highest BCUT2D eigenvalue weighted by atomic mass is 16.2. The molecule has 0 saturated heterocycles. The molecule has 0 radical (unpaired) electrons. The van der Waals surface area contributed by atoms with Gasteiger partial charge in [-0.3, -0.25) is 14.3 Å². The molecule has 1 aliphatic heterocycles. The molecule has 1 atom stereocenters. The van der Waals surface area contributed by atoms with Gasteiger partial charge in [0.25, 0.3) is 0 Å². The molecule has 1 aromatic carbocycles. The first-order chi connectivity index (χ1) is 12.0. The molecule has 0 fully saturated rings. The summed E-state index contributed by atoms with van der Waals surface area (Å²) in [6.07, 6.45) is 2.49. The zero-order valence-electron chi connectivity index (χ0n) is 14.8. The maximum absolute atomic E-state index is 12.8. The van der Waals surface area contributed by atoms with E-state index in [9.17, 15) is 9.59 Å². The van der Waals surface area contributed by atoms with Gasteiger partial charge in [0, 0.05) is 51.2 Å². The van der Waals surface area contributed by atoms with Crippen molar-refractivity contribution in [3.8, 4) is 0 Å². The van der Waals surface area contributed by atoms with E-state index in [0.717, 1.165) is 17.7 Å². The van der Waals surface area contributed by atoms with Crippen LogP contribution in [0.1, 0.15) is 18.9 Å². The number of aryl methyl sites for hydroxylation is 1. The summed E-state index contributed by atoms with van der Waals surface area (Å²) in [5, 5.41) is 6.67. The van der Waals surface area contributed by atoms with E-state index >= 15 is 0 Å². The minimum Gasteiger partial charge on any atom is -0.372 e. The van der Waals surface area contributed by atoms with Gasteiger partial charge in [0.2, 0.25) is 0 Å². The van der Waals surface area contributed by atoms with Gasteiger partial charge in [0.1, 0.15) is 0 Å². The monoisotopic (exact) mass is 341 g/mol. The molecular weight excluding hydrogens is 318 g/mol. The van der Waals surface area contributed by atoms with Crippen molar-refractivity contribution in [2.24, 2.45) is 7.05 Å². The van der Waals surface area contributed by atoms with Crippen LogP contribution >= 0.6 is 0 Å². The number of rotatable bonds is 2. The van der Waals surface area contributed by atoms with Crippen molar-refractivity contribution in [2.75, 3.05) is 23.8 Å². The van der Waals surface area contributed by atoms with Crippen molar-refractivity contribution in [3.63, 3.8) is 0 Å². The fourth-order valence-electron chi connectivity index (χ4n) is 3.21. The molecule has 0 spiro atoms. The second-order valence-electron chi connectivity index (χ2n) is 6.33. The summed E-state index contributed by atoms with van der Waals surface area (Å²) in [7, 11) is 3.77. The van der Waals surface area contributed by atoms with Gasteiger partial charge in [-0.25, -0.2) is 0 Å². The molecule has 0 saturated carbocycles. The lowest BCUT2D eigenvalue weighted by atomic mass is 10.1. The molecule has 2 heterocycles. The summed E-state index contributed by atoms with van der Waals surface area (Å²) < 4.78 is 1.58. The number of likely N-dealkylation sites (N-methyl/N-ethyl adjacent to an activating group) is 1. The first-order valence-corrected chi connectivity index (χ1v) is 8.40. The van der Waals surface area contributed by atoms with E-state index in [1.54, 1.807) is 28.9 Å². The second kappa shape index (κ2) is 6.96.